The number of carbonyl (C=O) groups is 1. The number of aromatic amines is 1. The summed E-state index contributed by atoms with van der Waals surface area (Å²) in [5, 5.41) is 6.51. The lowest BCUT2D eigenvalue weighted by molar-refractivity contribution is 0.0567. The van der Waals surface area contributed by atoms with Gasteiger partial charge in [-0.05, 0) is 24.8 Å². The molecule has 1 aliphatic heterocycles. The van der Waals surface area contributed by atoms with E-state index >= 15 is 0 Å². The molecular formula is C11H18N4O. The van der Waals surface area contributed by atoms with Gasteiger partial charge in [-0.25, -0.2) is 0 Å². The summed E-state index contributed by atoms with van der Waals surface area (Å²) in [6.45, 7) is 3.53. The van der Waals surface area contributed by atoms with Gasteiger partial charge in [-0.3, -0.25) is 9.89 Å². The van der Waals surface area contributed by atoms with Crippen LogP contribution in [0.5, 0.6) is 0 Å². The van der Waals surface area contributed by atoms with Gasteiger partial charge in [0.25, 0.3) is 5.91 Å². The molecule has 2 heterocycles. The first-order valence-electron chi connectivity index (χ1n) is 5.72. The van der Waals surface area contributed by atoms with E-state index < -0.39 is 0 Å². The van der Waals surface area contributed by atoms with Gasteiger partial charge in [0.05, 0.1) is 0 Å². The Bertz CT molecular complexity index is 349. The van der Waals surface area contributed by atoms with Gasteiger partial charge in [-0.2, -0.15) is 5.10 Å². The molecule has 0 bridgehead atoms. The molecule has 0 saturated carbocycles. The Hall–Kier alpha value is -1.36. The monoisotopic (exact) mass is 222 g/mol. The fourth-order valence-electron chi connectivity index (χ4n) is 2.27. The van der Waals surface area contributed by atoms with Gasteiger partial charge in [0.2, 0.25) is 0 Å². The van der Waals surface area contributed by atoms with Crippen molar-refractivity contribution in [2.75, 3.05) is 13.1 Å². The minimum atomic E-state index is 0.0138. The van der Waals surface area contributed by atoms with Crippen LogP contribution in [-0.2, 0) is 0 Å². The molecule has 0 spiro atoms. The largest absolute Gasteiger partial charge is 0.333 e. The van der Waals surface area contributed by atoms with Crippen molar-refractivity contribution in [2.45, 2.75) is 25.8 Å². The summed E-state index contributed by atoms with van der Waals surface area (Å²) in [5.74, 6) is 0.666. The first-order valence-corrected chi connectivity index (χ1v) is 5.72. The third-order valence-electron chi connectivity index (χ3n) is 3.24. The van der Waals surface area contributed by atoms with E-state index in [9.17, 15) is 4.79 Å². The maximum absolute atomic E-state index is 12.1. The van der Waals surface area contributed by atoms with E-state index in [2.05, 4.69) is 17.1 Å². The van der Waals surface area contributed by atoms with E-state index in [1.165, 1.54) is 0 Å². The highest BCUT2D eigenvalue weighted by Crippen LogP contribution is 2.23. The average Bonchev–Trinajstić information content (AvgIpc) is 2.81. The number of hydrogen-bond acceptors (Lipinski definition) is 3. The van der Waals surface area contributed by atoms with E-state index in [4.69, 9.17) is 5.73 Å². The van der Waals surface area contributed by atoms with Gasteiger partial charge in [-0.15, -0.1) is 0 Å². The first kappa shape index (κ1) is 11.1. The third kappa shape index (κ3) is 2.09. The summed E-state index contributed by atoms with van der Waals surface area (Å²) < 4.78 is 0. The molecule has 3 N–H and O–H groups in total. The molecule has 1 aromatic rings. The standard InChI is InChI=1S/C11H18N4O/c1-8-3-5-15(9(6-8)7-12)11(16)10-2-4-13-14-10/h2,4,8-9H,3,5-7,12H2,1H3,(H,13,14). The molecule has 5 heteroatoms. The molecule has 5 nitrogen and oxygen atoms in total. The number of hydrogen-bond donors (Lipinski definition) is 2. The molecular weight excluding hydrogens is 204 g/mol. The molecule has 2 rings (SSSR count). The van der Waals surface area contributed by atoms with Gasteiger partial charge >= 0.3 is 0 Å². The summed E-state index contributed by atoms with van der Waals surface area (Å²) in [7, 11) is 0. The Morgan fingerprint density at radius 3 is 3.19 bits per heavy atom. The lowest BCUT2D eigenvalue weighted by atomic mass is 9.92. The van der Waals surface area contributed by atoms with Crippen molar-refractivity contribution < 1.29 is 4.79 Å². The molecule has 2 unspecified atom stereocenters. The Morgan fingerprint density at radius 1 is 1.75 bits per heavy atom. The number of nitrogens with two attached hydrogens (primary N) is 1. The van der Waals surface area contributed by atoms with Crippen molar-refractivity contribution in [3.05, 3.63) is 18.0 Å². The van der Waals surface area contributed by atoms with Crippen LogP contribution >= 0.6 is 0 Å². The van der Waals surface area contributed by atoms with E-state index in [1.807, 2.05) is 4.90 Å². The zero-order valence-electron chi connectivity index (χ0n) is 9.52. The van der Waals surface area contributed by atoms with Crippen molar-refractivity contribution in [3.8, 4) is 0 Å². The van der Waals surface area contributed by atoms with Crippen molar-refractivity contribution >= 4 is 5.91 Å². The molecule has 1 fully saturated rings. The van der Waals surface area contributed by atoms with Crippen LogP contribution in [0.2, 0.25) is 0 Å². The van der Waals surface area contributed by atoms with E-state index in [0.29, 0.717) is 18.2 Å². The molecule has 16 heavy (non-hydrogen) atoms. The minimum Gasteiger partial charge on any atom is -0.333 e. The molecule has 0 aliphatic carbocycles. The molecule has 88 valence electrons. The van der Waals surface area contributed by atoms with E-state index in [-0.39, 0.29) is 11.9 Å². The van der Waals surface area contributed by atoms with Crippen LogP contribution in [0.3, 0.4) is 0 Å². The van der Waals surface area contributed by atoms with Crippen LogP contribution in [0.25, 0.3) is 0 Å². The number of carbonyl (C=O) groups excluding carboxylic acids is 1. The van der Waals surface area contributed by atoms with Gasteiger partial charge in [0.1, 0.15) is 5.69 Å². The number of piperidine rings is 1. The van der Waals surface area contributed by atoms with E-state index in [0.717, 1.165) is 19.4 Å². The molecule has 2 atom stereocenters. The maximum Gasteiger partial charge on any atom is 0.272 e. The highest BCUT2D eigenvalue weighted by atomic mass is 16.2. The van der Waals surface area contributed by atoms with Crippen molar-refractivity contribution in [1.29, 1.82) is 0 Å². The topological polar surface area (TPSA) is 75.0 Å². The lowest BCUT2D eigenvalue weighted by Crippen LogP contribution is -2.49. The number of likely N-dealkylation sites (tertiary alicyclic amines) is 1. The Labute approximate surface area is 95.0 Å². The molecule has 1 aromatic heterocycles. The highest BCUT2D eigenvalue weighted by Gasteiger charge is 2.29. The van der Waals surface area contributed by atoms with Crippen molar-refractivity contribution in [3.63, 3.8) is 0 Å². The second-order valence-electron chi connectivity index (χ2n) is 4.49. The predicted octanol–water partition coefficient (Wildman–Crippen LogP) is 0.609. The van der Waals surface area contributed by atoms with Gasteiger partial charge in [0, 0.05) is 25.3 Å². The van der Waals surface area contributed by atoms with Crippen LogP contribution in [0, 0.1) is 5.92 Å². The fraction of sp³-hybridized carbons (Fsp3) is 0.636. The van der Waals surface area contributed by atoms with Crippen LogP contribution in [0.15, 0.2) is 12.3 Å². The zero-order valence-corrected chi connectivity index (χ0v) is 9.52. The second-order valence-corrected chi connectivity index (χ2v) is 4.49. The zero-order chi connectivity index (χ0) is 11.5. The number of H-pyrrole nitrogens is 1. The second kappa shape index (κ2) is 4.65. The summed E-state index contributed by atoms with van der Waals surface area (Å²) in [5.41, 5.74) is 6.28. The first-order chi connectivity index (χ1) is 7.72. The van der Waals surface area contributed by atoms with Crippen molar-refractivity contribution in [1.82, 2.24) is 15.1 Å². The molecule has 1 saturated heterocycles. The summed E-state index contributed by atoms with van der Waals surface area (Å²) in [6.07, 6.45) is 3.64. The number of rotatable bonds is 2. The number of aromatic nitrogens is 2. The number of nitrogens with zero attached hydrogens (tertiary/aromatic N) is 2. The predicted molar refractivity (Wildman–Crippen MR) is 60.9 cm³/mol. The molecule has 1 amide bonds. The molecule has 0 aromatic carbocycles. The Kier molecular flexibility index (Phi) is 3.24. The van der Waals surface area contributed by atoms with Crippen LogP contribution in [0.1, 0.15) is 30.3 Å². The lowest BCUT2D eigenvalue weighted by Gasteiger charge is -2.37. The van der Waals surface area contributed by atoms with Gasteiger partial charge in [0.15, 0.2) is 0 Å². The molecule has 0 radical (unpaired) electrons. The van der Waals surface area contributed by atoms with Gasteiger partial charge < -0.3 is 10.6 Å². The average molecular weight is 222 g/mol. The highest BCUT2D eigenvalue weighted by molar-refractivity contribution is 5.92. The van der Waals surface area contributed by atoms with E-state index in [1.54, 1.807) is 12.3 Å². The SMILES string of the molecule is CC1CCN(C(=O)c2ccn[nH]2)C(CN)C1. The Morgan fingerprint density at radius 2 is 2.56 bits per heavy atom. The number of nitrogens with one attached hydrogen (secondary N) is 1. The number of amides is 1. The quantitative estimate of drug-likeness (QED) is 0.769. The Balaban J connectivity index is 2.10. The fourth-order valence-corrected chi connectivity index (χ4v) is 2.27. The van der Waals surface area contributed by atoms with Crippen LogP contribution < -0.4 is 5.73 Å². The third-order valence-corrected chi connectivity index (χ3v) is 3.24. The normalized spacial score (nSPS) is 25.8. The summed E-state index contributed by atoms with van der Waals surface area (Å²) >= 11 is 0. The summed E-state index contributed by atoms with van der Waals surface area (Å²) in [4.78, 5) is 14.0. The smallest absolute Gasteiger partial charge is 0.272 e. The van der Waals surface area contributed by atoms with Crippen molar-refractivity contribution in [2.24, 2.45) is 11.7 Å². The van der Waals surface area contributed by atoms with Crippen LogP contribution in [-0.4, -0.2) is 40.1 Å². The minimum absolute atomic E-state index is 0.0138. The maximum atomic E-state index is 12.1. The van der Waals surface area contributed by atoms with Gasteiger partial charge in [-0.1, -0.05) is 6.92 Å². The summed E-state index contributed by atoms with van der Waals surface area (Å²) in [6, 6.07) is 1.87. The molecule has 1 aliphatic rings. The van der Waals surface area contributed by atoms with Crippen LogP contribution in [0.4, 0.5) is 0 Å².